The summed E-state index contributed by atoms with van der Waals surface area (Å²) < 4.78 is 23.6. The Morgan fingerprint density at radius 3 is 2.34 bits per heavy atom. The van der Waals surface area contributed by atoms with Crippen molar-refractivity contribution in [3.05, 3.63) is 0 Å². The van der Waals surface area contributed by atoms with E-state index in [0.29, 0.717) is 44.6 Å². The van der Waals surface area contributed by atoms with Gasteiger partial charge in [0.05, 0.1) is 31.6 Å². The Bertz CT molecular complexity index is 885. The monoisotopic (exact) mass is 487 g/mol. The molecule has 8 heteroatoms. The van der Waals surface area contributed by atoms with Crippen molar-refractivity contribution >= 4 is 17.9 Å². The van der Waals surface area contributed by atoms with Crippen LogP contribution in [0.3, 0.4) is 0 Å². The molecule has 2 saturated heterocycles. The zero-order valence-electron chi connectivity index (χ0n) is 20.6. The molecular formula is C27H37NO7. The number of nitrogens with zero attached hydrogens (tertiary/aromatic N) is 1. The highest BCUT2D eigenvalue weighted by molar-refractivity contribution is 5.86. The molecule has 2 aliphatic heterocycles. The Balaban J connectivity index is 1.09. The molecule has 6 unspecified atom stereocenters. The lowest BCUT2D eigenvalue weighted by atomic mass is 9.49. The molecule has 6 bridgehead atoms. The van der Waals surface area contributed by atoms with Crippen molar-refractivity contribution < 1.29 is 33.3 Å². The molecule has 0 radical (unpaired) electrons. The number of carbonyl (C=O) groups is 3. The van der Waals surface area contributed by atoms with E-state index in [1.807, 2.05) is 4.90 Å². The third-order valence-electron chi connectivity index (χ3n) is 10.9. The fraction of sp³-hybridized carbons (Fsp3) is 0.889. The minimum absolute atomic E-state index is 0.0534. The van der Waals surface area contributed by atoms with Crippen LogP contribution in [0, 0.1) is 47.3 Å². The highest BCUT2D eigenvalue weighted by atomic mass is 16.6. The zero-order chi connectivity index (χ0) is 23.9. The predicted octanol–water partition coefficient (Wildman–Crippen LogP) is 2.19. The number of hydrogen-bond donors (Lipinski definition) is 0. The zero-order valence-corrected chi connectivity index (χ0v) is 20.6. The Morgan fingerprint density at radius 1 is 1.00 bits per heavy atom. The molecule has 0 N–H and O–H groups in total. The Kier molecular flexibility index (Phi) is 5.26. The molecule has 6 atom stereocenters. The fourth-order valence-corrected chi connectivity index (χ4v) is 9.65. The summed E-state index contributed by atoms with van der Waals surface area (Å²) in [5, 5.41) is 0. The third kappa shape index (κ3) is 3.34. The van der Waals surface area contributed by atoms with Crippen LogP contribution in [0.1, 0.15) is 51.9 Å². The minimum atomic E-state index is -0.562. The van der Waals surface area contributed by atoms with Crippen LogP contribution in [-0.2, 0) is 33.3 Å². The van der Waals surface area contributed by atoms with E-state index in [1.54, 1.807) is 0 Å². The largest absolute Gasteiger partial charge is 0.458 e. The van der Waals surface area contributed by atoms with Crippen molar-refractivity contribution in [2.45, 2.75) is 69.7 Å². The van der Waals surface area contributed by atoms with E-state index in [2.05, 4.69) is 6.92 Å². The number of ether oxygens (including phenoxy) is 4. The SMILES string of the molecule is CCC1(OC(=O)C2C3CC4C(OC(=O)C42)C3OC(=O)CN2CCOCC2)C2CC3CC(C2)CC1C3. The second kappa shape index (κ2) is 8.17. The van der Waals surface area contributed by atoms with E-state index in [9.17, 15) is 14.4 Å². The molecule has 35 heavy (non-hydrogen) atoms. The van der Waals surface area contributed by atoms with Crippen molar-refractivity contribution in [3.8, 4) is 0 Å². The minimum Gasteiger partial charge on any atom is -0.458 e. The van der Waals surface area contributed by atoms with Gasteiger partial charge < -0.3 is 18.9 Å². The number of morpholine rings is 1. The molecule has 8 nitrogen and oxygen atoms in total. The molecule has 0 aromatic carbocycles. The second-order valence-corrected chi connectivity index (χ2v) is 12.4. The van der Waals surface area contributed by atoms with Crippen LogP contribution in [0.2, 0.25) is 0 Å². The number of fused-ring (bicyclic) bond motifs is 1. The van der Waals surface area contributed by atoms with Crippen LogP contribution >= 0.6 is 0 Å². The average Bonchev–Trinajstić information content (AvgIpc) is 3.45. The molecule has 192 valence electrons. The van der Waals surface area contributed by atoms with E-state index in [4.69, 9.17) is 18.9 Å². The molecule has 8 aliphatic rings. The topological polar surface area (TPSA) is 91.4 Å². The van der Waals surface area contributed by atoms with Crippen molar-refractivity contribution in [2.75, 3.05) is 32.8 Å². The second-order valence-electron chi connectivity index (χ2n) is 12.4. The summed E-state index contributed by atoms with van der Waals surface area (Å²) in [6.07, 6.45) is 6.57. The predicted molar refractivity (Wildman–Crippen MR) is 122 cm³/mol. The summed E-state index contributed by atoms with van der Waals surface area (Å²) in [4.78, 5) is 41.5. The van der Waals surface area contributed by atoms with Crippen molar-refractivity contribution in [1.29, 1.82) is 0 Å². The van der Waals surface area contributed by atoms with Gasteiger partial charge in [-0.15, -0.1) is 0 Å². The maximum atomic E-state index is 13.9. The fourth-order valence-electron chi connectivity index (χ4n) is 9.65. The van der Waals surface area contributed by atoms with E-state index in [1.165, 1.54) is 32.1 Å². The first-order valence-electron chi connectivity index (χ1n) is 13.9. The van der Waals surface area contributed by atoms with Crippen LogP contribution in [0.25, 0.3) is 0 Å². The summed E-state index contributed by atoms with van der Waals surface area (Å²) in [6, 6.07) is 0. The quantitative estimate of drug-likeness (QED) is 0.416. The summed E-state index contributed by atoms with van der Waals surface area (Å²) in [5.74, 6) is 0.324. The van der Waals surface area contributed by atoms with Crippen LogP contribution < -0.4 is 0 Å². The third-order valence-corrected chi connectivity index (χ3v) is 10.9. The van der Waals surface area contributed by atoms with Gasteiger partial charge in [-0.3, -0.25) is 19.3 Å². The van der Waals surface area contributed by atoms with Gasteiger partial charge in [-0.05, 0) is 68.6 Å². The van der Waals surface area contributed by atoms with Crippen LogP contribution in [0.4, 0.5) is 0 Å². The first-order valence-corrected chi connectivity index (χ1v) is 13.9. The first-order chi connectivity index (χ1) is 17.0. The van der Waals surface area contributed by atoms with Gasteiger partial charge in [-0.25, -0.2) is 0 Å². The number of rotatable bonds is 6. The van der Waals surface area contributed by atoms with Crippen molar-refractivity contribution in [1.82, 2.24) is 4.90 Å². The van der Waals surface area contributed by atoms with E-state index in [0.717, 1.165) is 18.3 Å². The number of esters is 3. The number of carbonyl (C=O) groups excluding carboxylic acids is 3. The Morgan fingerprint density at radius 2 is 1.69 bits per heavy atom. The molecule has 6 saturated carbocycles. The summed E-state index contributed by atoms with van der Waals surface area (Å²) in [5.41, 5.74) is -0.392. The van der Waals surface area contributed by atoms with E-state index >= 15 is 0 Å². The lowest BCUT2D eigenvalue weighted by Gasteiger charge is -2.60. The molecule has 0 aromatic heterocycles. The molecule has 8 fully saturated rings. The van der Waals surface area contributed by atoms with Gasteiger partial charge in [-0.1, -0.05) is 6.92 Å². The number of hydrogen-bond acceptors (Lipinski definition) is 8. The van der Waals surface area contributed by atoms with Crippen LogP contribution in [0.15, 0.2) is 0 Å². The first kappa shape index (κ1) is 22.5. The van der Waals surface area contributed by atoms with Gasteiger partial charge in [0.1, 0.15) is 17.8 Å². The molecule has 0 aromatic rings. The standard InChI is InChI=1S/C27H37NO7/c1-2-27(16-8-14-7-15(10-16)11-17(27)9-14)35-26(31)22-19-12-18-21(22)25(30)34-24(18)23(19)33-20(29)13-28-3-5-32-6-4-28/h14-19,21-24H,2-13H2,1H3. The molecule has 6 aliphatic carbocycles. The van der Waals surface area contributed by atoms with Gasteiger partial charge in [0.2, 0.25) is 0 Å². The average molecular weight is 488 g/mol. The normalized spacial score (nSPS) is 49.3. The smallest absolute Gasteiger partial charge is 0.320 e. The van der Waals surface area contributed by atoms with Crippen molar-refractivity contribution in [3.63, 3.8) is 0 Å². The van der Waals surface area contributed by atoms with Crippen LogP contribution in [-0.4, -0.2) is 73.5 Å². The van der Waals surface area contributed by atoms with Crippen LogP contribution in [0.5, 0.6) is 0 Å². The highest BCUT2D eigenvalue weighted by Crippen LogP contribution is 2.63. The summed E-state index contributed by atoms with van der Waals surface area (Å²) >= 11 is 0. The molecular weight excluding hydrogens is 450 g/mol. The van der Waals surface area contributed by atoms with Gasteiger partial charge in [0.15, 0.2) is 0 Å². The summed E-state index contributed by atoms with van der Waals surface area (Å²) in [6.45, 7) is 4.97. The Hall–Kier alpha value is -1.67. The highest BCUT2D eigenvalue weighted by Gasteiger charge is 2.71. The van der Waals surface area contributed by atoms with Gasteiger partial charge in [-0.2, -0.15) is 0 Å². The molecule has 8 rings (SSSR count). The maximum absolute atomic E-state index is 13.9. The van der Waals surface area contributed by atoms with E-state index in [-0.39, 0.29) is 36.3 Å². The van der Waals surface area contributed by atoms with Gasteiger partial charge in [0, 0.05) is 24.9 Å². The lowest BCUT2D eigenvalue weighted by Crippen LogP contribution is -2.60. The van der Waals surface area contributed by atoms with E-state index < -0.39 is 29.6 Å². The summed E-state index contributed by atoms with van der Waals surface area (Å²) in [7, 11) is 0. The Labute approximate surface area is 206 Å². The molecule has 0 spiro atoms. The molecule has 0 amide bonds. The maximum Gasteiger partial charge on any atom is 0.320 e. The molecule has 2 heterocycles. The van der Waals surface area contributed by atoms with Crippen molar-refractivity contribution in [2.24, 2.45) is 47.3 Å². The van der Waals surface area contributed by atoms with Gasteiger partial charge >= 0.3 is 17.9 Å². The van der Waals surface area contributed by atoms with Gasteiger partial charge in [0.25, 0.3) is 0 Å². The lowest BCUT2D eigenvalue weighted by molar-refractivity contribution is -0.218.